The fourth-order valence-corrected chi connectivity index (χ4v) is 2.06. The summed E-state index contributed by atoms with van der Waals surface area (Å²) in [7, 11) is 0. The zero-order valence-electron chi connectivity index (χ0n) is 11.4. The monoisotopic (exact) mass is 311 g/mol. The van der Waals surface area contributed by atoms with Gasteiger partial charge in [0.2, 0.25) is 0 Å². The SMILES string of the molecule is CCCNC(=NCc1ccc(Br)cc1C)NCC. The Labute approximate surface area is 118 Å². The van der Waals surface area contributed by atoms with Crippen LogP contribution < -0.4 is 10.6 Å². The molecule has 0 atom stereocenters. The highest BCUT2D eigenvalue weighted by Gasteiger charge is 2.00. The van der Waals surface area contributed by atoms with Crippen molar-refractivity contribution in [1.82, 2.24) is 10.6 Å². The van der Waals surface area contributed by atoms with Crippen LogP contribution in [-0.4, -0.2) is 19.0 Å². The molecule has 0 radical (unpaired) electrons. The molecule has 0 aromatic heterocycles. The van der Waals surface area contributed by atoms with Crippen molar-refractivity contribution in [2.45, 2.75) is 33.7 Å². The van der Waals surface area contributed by atoms with Crippen LogP contribution in [-0.2, 0) is 6.54 Å². The summed E-state index contributed by atoms with van der Waals surface area (Å²) in [5, 5.41) is 6.55. The highest BCUT2D eigenvalue weighted by Crippen LogP contribution is 2.16. The van der Waals surface area contributed by atoms with Crippen molar-refractivity contribution < 1.29 is 0 Å². The average Bonchev–Trinajstić information content (AvgIpc) is 2.34. The summed E-state index contributed by atoms with van der Waals surface area (Å²) in [6.07, 6.45) is 1.10. The van der Waals surface area contributed by atoms with Gasteiger partial charge in [-0.25, -0.2) is 4.99 Å². The van der Waals surface area contributed by atoms with Gasteiger partial charge in [0.25, 0.3) is 0 Å². The predicted octanol–water partition coefficient (Wildman–Crippen LogP) is 3.22. The van der Waals surface area contributed by atoms with Gasteiger partial charge in [-0.1, -0.05) is 28.9 Å². The van der Waals surface area contributed by atoms with Gasteiger partial charge in [-0.3, -0.25) is 0 Å². The van der Waals surface area contributed by atoms with Crippen LogP contribution in [0.5, 0.6) is 0 Å². The largest absolute Gasteiger partial charge is 0.357 e. The van der Waals surface area contributed by atoms with Crippen molar-refractivity contribution in [3.63, 3.8) is 0 Å². The highest BCUT2D eigenvalue weighted by molar-refractivity contribution is 9.10. The Balaban J connectivity index is 2.68. The van der Waals surface area contributed by atoms with Crippen molar-refractivity contribution in [3.8, 4) is 0 Å². The molecule has 3 nitrogen and oxygen atoms in total. The first kappa shape index (κ1) is 15.0. The second kappa shape index (κ2) is 8.14. The van der Waals surface area contributed by atoms with Crippen LogP contribution in [0, 0.1) is 6.92 Å². The van der Waals surface area contributed by atoms with E-state index >= 15 is 0 Å². The molecule has 0 aliphatic rings. The van der Waals surface area contributed by atoms with Crippen LogP contribution in [0.15, 0.2) is 27.7 Å². The maximum absolute atomic E-state index is 4.59. The van der Waals surface area contributed by atoms with Gasteiger partial charge in [-0.05, 0) is 43.5 Å². The first-order chi connectivity index (χ1) is 8.67. The summed E-state index contributed by atoms with van der Waals surface area (Å²) in [5.41, 5.74) is 2.52. The van der Waals surface area contributed by atoms with Crippen molar-refractivity contribution in [3.05, 3.63) is 33.8 Å². The molecule has 0 fully saturated rings. The number of hydrogen-bond acceptors (Lipinski definition) is 1. The van der Waals surface area contributed by atoms with Crippen molar-refractivity contribution >= 4 is 21.9 Å². The van der Waals surface area contributed by atoms with Gasteiger partial charge in [0.15, 0.2) is 5.96 Å². The Morgan fingerprint density at radius 3 is 2.67 bits per heavy atom. The van der Waals surface area contributed by atoms with Crippen LogP contribution in [0.2, 0.25) is 0 Å². The number of benzene rings is 1. The number of nitrogens with one attached hydrogen (secondary N) is 2. The summed E-state index contributed by atoms with van der Waals surface area (Å²) in [4.78, 5) is 4.59. The Bertz CT molecular complexity index is 402. The van der Waals surface area contributed by atoms with Gasteiger partial charge in [0.05, 0.1) is 6.54 Å². The van der Waals surface area contributed by atoms with Gasteiger partial charge in [-0.2, -0.15) is 0 Å². The number of halogens is 1. The first-order valence-electron chi connectivity index (χ1n) is 6.44. The van der Waals surface area contributed by atoms with E-state index in [2.05, 4.69) is 70.5 Å². The molecule has 0 aliphatic carbocycles. The van der Waals surface area contributed by atoms with Crippen LogP contribution in [0.1, 0.15) is 31.4 Å². The molecule has 0 aliphatic heterocycles. The van der Waals surface area contributed by atoms with Crippen molar-refractivity contribution in [2.75, 3.05) is 13.1 Å². The van der Waals surface area contributed by atoms with E-state index in [1.807, 2.05) is 0 Å². The summed E-state index contributed by atoms with van der Waals surface area (Å²) in [5.74, 6) is 0.890. The van der Waals surface area contributed by atoms with E-state index in [0.717, 1.165) is 29.9 Å². The van der Waals surface area contributed by atoms with E-state index in [4.69, 9.17) is 0 Å². The molecular weight excluding hydrogens is 290 g/mol. The number of nitrogens with zero attached hydrogens (tertiary/aromatic N) is 1. The molecule has 0 spiro atoms. The molecule has 4 heteroatoms. The number of aryl methyl sites for hydroxylation is 1. The van der Waals surface area contributed by atoms with Gasteiger partial charge in [-0.15, -0.1) is 0 Å². The average molecular weight is 312 g/mol. The van der Waals surface area contributed by atoms with E-state index in [9.17, 15) is 0 Å². The second-order valence-electron chi connectivity index (χ2n) is 4.19. The minimum atomic E-state index is 0.707. The van der Waals surface area contributed by atoms with Crippen LogP contribution in [0.4, 0.5) is 0 Å². The van der Waals surface area contributed by atoms with E-state index in [1.54, 1.807) is 0 Å². The molecular formula is C14H22BrN3. The van der Waals surface area contributed by atoms with E-state index in [1.165, 1.54) is 11.1 Å². The standard InChI is InChI=1S/C14H22BrN3/c1-4-8-17-14(16-5-2)18-10-12-6-7-13(15)9-11(12)3/h6-7,9H,4-5,8,10H2,1-3H3,(H2,16,17,18). The van der Waals surface area contributed by atoms with Crippen LogP contribution in [0.3, 0.4) is 0 Å². The smallest absolute Gasteiger partial charge is 0.191 e. The van der Waals surface area contributed by atoms with Crippen molar-refractivity contribution in [2.24, 2.45) is 4.99 Å². The third-order valence-electron chi connectivity index (χ3n) is 2.60. The lowest BCUT2D eigenvalue weighted by molar-refractivity contribution is 0.785. The fourth-order valence-electron chi connectivity index (χ4n) is 1.59. The number of rotatable bonds is 5. The summed E-state index contributed by atoms with van der Waals surface area (Å²) in [6.45, 7) is 8.88. The lowest BCUT2D eigenvalue weighted by Gasteiger charge is -2.11. The van der Waals surface area contributed by atoms with E-state index in [0.29, 0.717) is 6.54 Å². The van der Waals surface area contributed by atoms with Crippen molar-refractivity contribution in [1.29, 1.82) is 0 Å². The van der Waals surface area contributed by atoms with Gasteiger partial charge in [0, 0.05) is 17.6 Å². The maximum atomic E-state index is 4.59. The molecule has 0 saturated heterocycles. The molecule has 0 unspecified atom stereocenters. The lowest BCUT2D eigenvalue weighted by Crippen LogP contribution is -2.37. The third-order valence-corrected chi connectivity index (χ3v) is 3.09. The predicted molar refractivity (Wildman–Crippen MR) is 82.0 cm³/mol. The zero-order valence-corrected chi connectivity index (χ0v) is 13.0. The Hall–Kier alpha value is -1.03. The first-order valence-corrected chi connectivity index (χ1v) is 7.23. The number of aliphatic imine (C=N–C) groups is 1. The van der Waals surface area contributed by atoms with Crippen LogP contribution in [0.25, 0.3) is 0 Å². The Kier molecular flexibility index (Phi) is 6.80. The summed E-state index contributed by atoms with van der Waals surface area (Å²) in [6, 6.07) is 6.30. The normalized spacial score (nSPS) is 11.4. The molecule has 0 saturated carbocycles. The molecule has 1 aromatic rings. The van der Waals surface area contributed by atoms with Gasteiger partial charge >= 0.3 is 0 Å². The molecule has 100 valence electrons. The molecule has 0 amide bonds. The Morgan fingerprint density at radius 1 is 1.28 bits per heavy atom. The molecule has 2 N–H and O–H groups in total. The minimum absolute atomic E-state index is 0.707. The molecule has 0 heterocycles. The third kappa shape index (κ3) is 5.08. The number of hydrogen-bond donors (Lipinski definition) is 2. The van der Waals surface area contributed by atoms with Gasteiger partial charge < -0.3 is 10.6 Å². The Morgan fingerprint density at radius 2 is 2.06 bits per heavy atom. The second-order valence-corrected chi connectivity index (χ2v) is 5.11. The maximum Gasteiger partial charge on any atom is 0.191 e. The van der Waals surface area contributed by atoms with E-state index in [-0.39, 0.29) is 0 Å². The molecule has 1 aromatic carbocycles. The lowest BCUT2D eigenvalue weighted by atomic mass is 10.1. The summed E-state index contributed by atoms with van der Waals surface area (Å²) < 4.78 is 1.11. The molecule has 1 rings (SSSR count). The van der Waals surface area contributed by atoms with Crippen LogP contribution >= 0.6 is 15.9 Å². The van der Waals surface area contributed by atoms with Gasteiger partial charge in [0.1, 0.15) is 0 Å². The fraction of sp³-hybridized carbons (Fsp3) is 0.500. The quantitative estimate of drug-likeness (QED) is 0.647. The zero-order chi connectivity index (χ0) is 13.4. The van der Waals surface area contributed by atoms with E-state index < -0.39 is 0 Å². The molecule has 0 bridgehead atoms. The number of guanidine groups is 1. The highest BCUT2D eigenvalue weighted by atomic mass is 79.9. The minimum Gasteiger partial charge on any atom is -0.357 e. The summed E-state index contributed by atoms with van der Waals surface area (Å²) >= 11 is 3.47. The molecule has 18 heavy (non-hydrogen) atoms. The topological polar surface area (TPSA) is 36.4 Å².